The van der Waals surface area contributed by atoms with Gasteiger partial charge in [0.15, 0.2) is 12.6 Å². The number of rotatable bonds is 14. The summed E-state index contributed by atoms with van der Waals surface area (Å²) in [5.74, 6) is 1.97. The second-order valence-corrected chi connectivity index (χ2v) is 14.0. The highest BCUT2D eigenvalue weighted by Gasteiger charge is 2.42. The van der Waals surface area contributed by atoms with E-state index in [0.717, 1.165) is 57.6 Å². The second kappa shape index (κ2) is 16.4. The van der Waals surface area contributed by atoms with Crippen molar-refractivity contribution < 1.29 is 4.74 Å². The number of ether oxygens (including phenoxy) is 1. The van der Waals surface area contributed by atoms with Gasteiger partial charge in [-0.3, -0.25) is 4.57 Å². The zero-order chi connectivity index (χ0) is 38.3. The van der Waals surface area contributed by atoms with Crippen LogP contribution in [0.2, 0.25) is 5.02 Å². The fourth-order valence-corrected chi connectivity index (χ4v) is 7.43. The molecule has 2 aromatic heterocycles. The van der Waals surface area contributed by atoms with E-state index in [4.69, 9.17) is 26.6 Å². The topological polar surface area (TPSA) is 92.7 Å². The second-order valence-electron chi connectivity index (χ2n) is 13.6. The molecule has 8 rings (SSSR count). The van der Waals surface area contributed by atoms with Crippen LogP contribution in [0, 0.1) is 0 Å². The Morgan fingerprint density at radius 1 is 0.679 bits per heavy atom. The quantitative estimate of drug-likeness (QED) is 0.103. The van der Waals surface area contributed by atoms with E-state index in [0.29, 0.717) is 29.6 Å². The van der Waals surface area contributed by atoms with Crippen molar-refractivity contribution in [2.75, 3.05) is 0 Å². The van der Waals surface area contributed by atoms with Gasteiger partial charge < -0.3 is 4.74 Å². The van der Waals surface area contributed by atoms with Crippen LogP contribution in [0.5, 0.6) is 5.75 Å². The van der Waals surface area contributed by atoms with Crippen LogP contribution in [0.4, 0.5) is 0 Å². The molecule has 56 heavy (non-hydrogen) atoms. The van der Waals surface area contributed by atoms with Crippen LogP contribution in [-0.4, -0.2) is 34.6 Å². The van der Waals surface area contributed by atoms with Crippen LogP contribution < -0.4 is 10.4 Å². The molecular weight excluding hydrogens is 718 g/mol. The van der Waals surface area contributed by atoms with Crippen LogP contribution in [0.1, 0.15) is 47.8 Å². The number of benzene rings is 6. The zero-order valence-corrected chi connectivity index (χ0v) is 31.7. The molecule has 6 aromatic carbocycles. The molecule has 8 aromatic rings. The lowest BCUT2D eigenvalue weighted by Crippen LogP contribution is -2.39. The molecule has 9 nitrogen and oxygen atoms in total. The highest BCUT2D eigenvalue weighted by Crippen LogP contribution is 2.43. The Labute approximate surface area is 330 Å². The number of halogens is 1. The lowest BCUT2D eigenvalue weighted by atomic mass is 9.77. The molecule has 0 N–H and O–H groups in total. The molecule has 0 fully saturated rings. The Balaban J connectivity index is 1.15. The summed E-state index contributed by atoms with van der Waals surface area (Å²) in [6, 6.07) is 54.7. The minimum Gasteiger partial charge on any atom is -0.471 e. The van der Waals surface area contributed by atoms with Crippen LogP contribution in [-0.2, 0) is 25.2 Å². The summed E-state index contributed by atoms with van der Waals surface area (Å²) in [4.78, 5) is 13.7. The lowest BCUT2D eigenvalue weighted by molar-refractivity contribution is 0.215. The van der Waals surface area contributed by atoms with Crippen molar-refractivity contribution in [3.63, 3.8) is 0 Å². The third-order valence-corrected chi connectivity index (χ3v) is 10.3. The first-order valence-corrected chi connectivity index (χ1v) is 19.1. The van der Waals surface area contributed by atoms with Crippen molar-refractivity contribution in [2.45, 2.75) is 45.0 Å². The van der Waals surface area contributed by atoms with Crippen molar-refractivity contribution in [3.8, 4) is 28.3 Å². The SMILES string of the molecule is CCCCc1nn(COc2ccc(Cl)cc2)c(=O)n1Cc1ccc(-c2ccccc2-c2nnnn2C(c2ccccc2)(c2ccccc2)c2ccccc2)cc1. The third-order valence-electron chi connectivity index (χ3n) is 10.1. The molecule has 278 valence electrons. The highest BCUT2D eigenvalue weighted by atomic mass is 35.5. The van der Waals surface area contributed by atoms with Gasteiger partial charge in [-0.2, -0.15) is 9.78 Å². The van der Waals surface area contributed by atoms with E-state index in [-0.39, 0.29) is 12.4 Å². The third kappa shape index (κ3) is 7.17. The van der Waals surface area contributed by atoms with Gasteiger partial charge in [-0.25, -0.2) is 9.48 Å². The number of nitrogens with zero attached hydrogens (tertiary/aromatic N) is 7. The van der Waals surface area contributed by atoms with E-state index >= 15 is 0 Å². The smallest absolute Gasteiger partial charge is 0.349 e. The summed E-state index contributed by atoms with van der Waals surface area (Å²) in [5, 5.41) is 19.1. The maximum Gasteiger partial charge on any atom is 0.349 e. The number of hydrogen-bond acceptors (Lipinski definition) is 6. The summed E-state index contributed by atoms with van der Waals surface area (Å²) in [6.45, 7) is 2.51. The maximum atomic E-state index is 13.7. The molecule has 10 heteroatoms. The van der Waals surface area contributed by atoms with Crippen LogP contribution in [0.15, 0.2) is 169 Å². The Hall–Kier alpha value is -6.58. The number of aryl methyl sites for hydroxylation is 1. The van der Waals surface area contributed by atoms with Gasteiger partial charge in [-0.05, 0) is 74.5 Å². The van der Waals surface area contributed by atoms with E-state index in [1.165, 1.54) is 4.68 Å². The summed E-state index contributed by atoms with van der Waals surface area (Å²) < 4.78 is 11.0. The van der Waals surface area contributed by atoms with E-state index in [1.807, 2.05) is 35.0 Å². The standard InChI is InChI=1S/C46H40ClN7O2/c1-2-3-23-43-49-53(33-56-40-30-28-39(47)29-31-40)45(55)52(43)32-34-24-26-35(27-25-34)41-21-13-14-22-42(41)44-48-50-51-54(44)46(36-15-7-4-8-16-36,37-17-9-5-10-18-37)38-19-11-6-12-20-38/h4-22,24-31H,2-3,23,32-33H2,1H3. The molecule has 0 unspecified atom stereocenters. The van der Waals surface area contributed by atoms with Gasteiger partial charge in [-0.15, -0.1) is 5.10 Å². The average Bonchev–Trinajstić information content (AvgIpc) is 3.86. The molecule has 0 amide bonds. The van der Waals surface area contributed by atoms with Crippen molar-refractivity contribution in [1.82, 2.24) is 34.6 Å². The fourth-order valence-electron chi connectivity index (χ4n) is 7.30. The molecule has 0 saturated heterocycles. The molecule has 0 aliphatic heterocycles. The molecule has 0 saturated carbocycles. The number of tetrazole rings is 1. The average molecular weight is 758 g/mol. The van der Waals surface area contributed by atoms with Gasteiger partial charge in [0.05, 0.1) is 6.54 Å². The van der Waals surface area contributed by atoms with Crippen molar-refractivity contribution in [1.29, 1.82) is 0 Å². The number of aromatic nitrogens is 7. The molecule has 0 spiro atoms. The molecule has 0 aliphatic carbocycles. The first-order valence-electron chi connectivity index (χ1n) is 18.7. The molecule has 0 atom stereocenters. The number of unbranched alkanes of at least 4 members (excludes halogenated alkanes) is 1. The molecule has 0 aliphatic rings. The first kappa shape index (κ1) is 36.4. The van der Waals surface area contributed by atoms with E-state index < -0.39 is 5.54 Å². The Morgan fingerprint density at radius 3 is 1.84 bits per heavy atom. The van der Waals surface area contributed by atoms with Gasteiger partial charge in [0.1, 0.15) is 17.1 Å². The van der Waals surface area contributed by atoms with E-state index in [1.54, 1.807) is 28.8 Å². The first-order chi connectivity index (χ1) is 27.6. The minimum atomic E-state index is -0.882. The molecular formula is C46H40ClN7O2. The van der Waals surface area contributed by atoms with Gasteiger partial charge in [0.25, 0.3) is 0 Å². The minimum absolute atomic E-state index is 0.00188. The van der Waals surface area contributed by atoms with E-state index in [9.17, 15) is 4.79 Å². The summed E-state index contributed by atoms with van der Waals surface area (Å²) in [5.41, 5.74) is 5.82. The van der Waals surface area contributed by atoms with Crippen LogP contribution in [0.3, 0.4) is 0 Å². The molecule has 2 heterocycles. The Morgan fingerprint density at radius 2 is 1.25 bits per heavy atom. The van der Waals surface area contributed by atoms with Crippen molar-refractivity contribution >= 4 is 11.6 Å². The summed E-state index contributed by atoms with van der Waals surface area (Å²) in [7, 11) is 0. The molecule has 0 bridgehead atoms. The predicted molar refractivity (Wildman–Crippen MR) is 220 cm³/mol. The van der Waals surface area contributed by atoms with Crippen molar-refractivity contribution in [3.05, 3.63) is 207 Å². The summed E-state index contributed by atoms with van der Waals surface area (Å²) in [6.07, 6.45) is 2.60. The van der Waals surface area contributed by atoms with Gasteiger partial charge >= 0.3 is 5.69 Å². The lowest BCUT2D eigenvalue weighted by Gasteiger charge is -2.36. The highest BCUT2D eigenvalue weighted by molar-refractivity contribution is 6.30. The van der Waals surface area contributed by atoms with Crippen LogP contribution >= 0.6 is 11.6 Å². The van der Waals surface area contributed by atoms with Crippen LogP contribution in [0.25, 0.3) is 22.5 Å². The van der Waals surface area contributed by atoms with Gasteiger partial charge in [0, 0.05) is 17.0 Å². The zero-order valence-electron chi connectivity index (χ0n) is 30.9. The normalized spacial score (nSPS) is 11.5. The number of hydrogen-bond donors (Lipinski definition) is 0. The van der Waals surface area contributed by atoms with E-state index in [2.05, 4.69) is 126 Å². The monoisotopic (exact) mass is 757 g/mol. The fraction of sp³-hybridized carbons (Fsp3) is 0.152. The van der Waals surface area contributed by atoms with Gasteiger partial charge in [-0.1, -0.05) is 164 Å². The van der Waals surface area contributed by atoms with Gasteiger partial charge in [0.2, 0.25) is 0 Å². The maximum absolute atomic E-state index is 13.7. The molecule has 0 radical (unpaired) electrons. The Kier molecular flexibility index (Phi) is 10.7. The predicted octanol–water partition coefficient (Wildman–Crippen LogP) is 9.29. The largest absolute Gasteiger partial charge is 0.471 e. The Bertz CT molecular complexity index is 2470. The summed E-state index contributed by atoms with van der Waals surface area (Å²) >= 11 is 6.03. The van der Waals surface area contributed by atoms with Crippen molar-refractivity contribution in [2.24, 2.45) is 0 Å².